The summed E-state index contributed by atoms with van der Waals surface area (Å²) in [5.74, 6) is 1.48. The first kappa shape index (κ1) is 6.98. The highest BCUT2D eigenvalue weighted by molar-refractivity contribution is 8.23. The molecule has 0 spiro atoms. The fraction of sp³-hybridized carbons (Fsp3) is 0.500. The summed E-state index contributed by atoms with van der Waals surface area (Å²) in [6.07, 6.45) is 0.765. The number of aliphatic imine (C=N–C) groups is 1. The normalized spacial score (nSPS) is 19.2. The fourth-order valence-electron chi connectivity index (χ4n) is 0.514. The number of hydroxylamine groups is 1. The highest BCUT2D eigenvalue weighted by atomic mass is 32.2. The van der Waals surface area contributed by atoms with E-state index in [9.17, 15) is 0 Å². The van der Waals surface area contributed by atoms with Crippen LogP contribution in [-0.2, 0) is 0 Å². The predicted molar refractivity (Wildman–Crippen MR) is 42.0 cm³/mol. The summed E-state index contributed by atoms with van der Waals surface area (Å²) in [6.45, 7) is 0. The Hall–Kier alpha value is -0.130. The Morgan fingerprint density at radius 3 is 3.00 bits per heavy atom. The van der Waals surface area contributed by atoms with E-state index in [0.717, 1.165) is 12.2 Å². The lowest BCUT2D eigenvalue weighted by Gasteiger charge is -2.08. The van der Waals surface area contributed by atoms with Crippen molar-refractivity contribution in [3.05, 3.63) is 0 Å². The van der Waals surface area contributed by atoms with Gasteiger partial charge in [-0.3, -0.25) is 10.7 Å². The Morgan fingerprint density at radius 1 is 1.78 bits per heavy atom. The number of hydrogen-bond donors (Lipinski definition) is 2. The summed E-state index contributed by atoms with van der Waals surface area (Å²) in [5.41, 5.74) is 1.98. The van der Waals surface area contributed by atoms with Crippen molar-refractivity contribution in [1.29, 1.82) is 0 Å². The second kappa shape index (κ2) is 3.14. The van der Waals surface area contributed by atoms with E-state index in [1.807, 2.05) is 5.48 Å². The minimum absolute atomic E-state index is 0.568. The van der Waals surface area contributed by atoms with E-state index in [1.165, 1.54) is 11.8 Å². The molecular formula is C4H6N2OS2. The smallest absolute Gasteiger partial charge is 0.161 e. The largest absolute Gasteiger partial charge is 0.290 e. The van der Waals surface area contributed by atoms with Gasteiger partial charge in [0.2, 0.25) is 0 Å². The lowest BCUT2D eigenvalue weighted by atomic mass is 10.4. The molecule has 2 N–H and O–H groups in total. The molecule has 0 unspecified atom stereocenters. The third kappa shape index (κ3) is 1.92. The summed E-state index contributed by atoms with van der Waals surface area (Å²) < 4.78 is 0.595. The molecule has 5 heteroatoms. The Bertz CT molecular complexity index is 157. The Balaban J connectivity index is 2.59. The zero-order valence-corrected chi connectivity index (χ0v) is 6.26. The molecule has 1 rings (SSSR count). The summed E-state index contributed by atoms with van der Waals surface area (Å²) in [6, 6.07) is 0. The van der Waals surface area contributed by atoms with Crippen molar-refractivity contribution in [3.8, 4) is 0 Å². The van der Waals surface area contributed by atoms with Crippen LogP contribution < -0.4 is 5.48 Å². The molecule has 3 nitrogen and oxygen atoms in total. The molecule has 50 valence electrons. The number of hydrogen-bond acceptors (Lipinski definition) is 4. The van der Waals surface area contributed by atoms with Gasteiger partial charge in [-0.05, 0) is 0 Å². The molecule has 0 saturated heterocycles. The van der Waals surface area contributed by atoms with Crippen molar-refractivity contribution in [3.63, 3.8) is 0 Å². The van der Waals surface area contributed by atoms with Gasteiger partial charge < -0.3 is 0 Å². The number of nitrogens with one attached hydrogen (secondary N) is 1. The first-order chi connectivity index (χ1) is 4.33. The van der Waals surface area contributed by atoms with Crippen LogP contribution in [0.15, 0.2) is 4.99 Å². The lowest BCUT2D eigenvalue weighted by molar-refractivity contribution is 0.232. The monoisotopic (exact) mass is 162 g/mol. The number of nitrogens with zero attached hydrogens (tertiary/aromatic N) is 1. The molecule has 9 heavy (non-hydrogen) atoms. The number of rotatable bonds is 0. The SMILES string of the molecule is ONC1=NC(=S)SCC1. The van der Waals surface area contributed by atoms with Crippen molar-refractivity contribution in [2.24, 2.45) is 4.99 Å². The predicted octanol–water partition coefficient (Wildman–Crippen LogP) is 0.785. The van der Waals surface area contributed by atoms with E-state index in [-0.39, 0.29) is 0 Å². The van der Waals surface area contributed by atoms with Gasteiger partial charge in [0.05, 0.1) is 0 Å². The van der Waals surface area contributed by atoms with Gasteiger partial charge in [-0.25, -0.2) is 4.99 Å². The third-order valence-corrected chi connectivity index (χ3v) is 2.11. The van der Waals surface area contributed by atoms with Crippen LogP contribution in [0.2, 0.25) is 0 Å². The molecular weight excluding hydrogens is 156 g/mol. The maximum Gasteiger partial charge on any atom is 0.161 e. The maximum atomic E-state index is 8.36. The van der Waals surface area contributed by atoms with Crippen molar-refractivity contribution in [1.82, 2.24) is 5.48 Å². The van der Waals surface area contributed by atoms with Crippen LogP contribution in [0.1, 0.15) is 6.42 Å². The molecule has 0 saturated carbocycles. The summed E-state index contributed by atoms with van der Waals surface area (Å²) in [4.78, 5) is 3.85. The first-order valence-corrected chi connectivity index (χ1v) is 3.87. The van der Waals surface area contributed by atoms with E-state index in [0.29, 0.717) is 10.2 Å². The van der Waals surface area contributed by atoms with Gasteiger partial charge in [-0.2, -0.15) is 0 Å². The van der Waals surface area contributed by atoms with Crippen LogP contribution >= 0.6 is 24.0 Å². The number of thiocarbonyl (C=S) groups is 1. The molecule has 1 aliphatic rings. The Kier molecular flexibility index (Phi) is 2.44. The molecule has 0 aromatic rings. The average Bonchev–Trinajstić information content (AvgIpc) is 1.88. The van der Waals surface area contributed by atoms with Gasteiger partial charge in [0.25, 0.3) is 0 Å². The molecule has 0 aliphatic carbocycles. The van der Waals surface area contributed by atoms with E-state index in [1.54, 1.807) is 0 Å². The molecule has 0 bridgehead atoms. The van der Waals surface area contributed by atoms with Crippen molar-refractivity contribution in [2.45, 2.75) is 6.42 Å². The third-order valence-electron chi connectivity index (χ3n) is 0.920. The van der Waals surface area contributed by atoms with Crippen molar-refractivity contribution < 1.29 is 5.21 Å². The van der Waals surface area contributed by atoms with E-state index in [2.05, 4.69) is 4.99 Å². The van der Waals surface area contributed by atoms with Gasteiger partial charge in [-0.15, -0.1) is 0 Å². The van der Waals surface area contributed by atoms with Gasteiger partial charge in [0, 0.05) is 12.2 Å². The topological polar surface area (TPSA) is 44.6 Å². The maximum absolute atomic E-state index is 8.36. The number of amidine groups is 1. The second-order valence-corrected chi connectivity index (χ2v) is 3.26. The van der Waals surface area contributed by atoms with E-state index >= 15 is 0 Å². The van der Waals surface area contributed by atoms with Crippen LogP contribution in [0.4, 0.5) is 0 Å². The van der Waals surface area contributed by atoms with Crippen LogP contribution in [0.5, 0.6) is 0 Å². The van der Waals surface area contributed by atoms with E-state index in [4.69, 9.17) is 17.4 Å². The van der Waals surface area contributed by atoms with Gasteiger partial charge in [0.15, 0.2) is 4.32 Å². The molecule has 0 aromatic heterocycles. The second-order valence-electron chi connectivity index (χ2n) is 1.53. The van der Waals surface area contributed by atoms with Crippen LogP contribution in [-0.4, -0.2) is 21.1 Å². The van der Waals surface area contributed by atoms with Crippen LogP contribution in [0.3, 0.4) is 0 Å². The Labute approximate surface area is 62.5 Å². The summed E-state index contributed by atoms with van der Waals surface area (Å²) in [7, 11) is 0. The first-order valence-electron chi connectivity index (χ1n) is 2.47. The van der Waals surface area contributed by atoms with Crippen molar-refractivity contribution in [2.75, 3.05) is 5.75 Å². The molecule has 0 radical (unpaired) electrons. The van der Waals surface area contributed by atoms with Gasteiger partial charge in [0.1, 0.15) is 5.84 Å². The molecule has 0 aromatic carbocycles. The highest BCUT2D eigenvalue weighted by Gasteiger charge is 2.06. The standard InChI is InChI=1S/C4H6N2OS2/c7-6-3-1-2-9-4(8)5-3/h7H,1-2H2,(H,5,6,8). The fourth-order valence-corrected chi connectivity index (χ4v) is 1.52. The van der Waals surface area contributed by atoms with Crippen LogP contribution in [0, 0.1) is 0 Å². The minimum Gasteiger partial charge on any atom is -0.290 e. The molecule has 0 amide bonds. The summed E-state index contributed by atoms with van der Waals surface area (Å²) in [5, 5.41) is 8.36. The average molecular weight is 162 g/mol. The van der Waals surface area contributed by atoms with Gasteiger partial charge in [-0.1, -0.05) is 24.0 Å². The van der Waals surface area contributed by atoms with E-state index < -0.39 is 0 Å². The van der Waals surface area contributed by atoms with Crippen molar-refractivity contribution >= 4 is 34.1 Å². The van der Waals surface area contributed by atoms with Gasteiger partial charge >= 0.3 is 0 Å². The summed E-state index contributed by atoms with van der Waals surface area (Å²) >= 11 is 6.30. The molecule has 1 heterocycles. The quantitative estimate of drug-likeness (QED) is 0.408. The highest BCUT2D eigenvalue weighted by Crippen LogP contribution is 2.12. The molecule has 0 fully saturated rings. The molecule has 0 atom stereocenters. The zero-order chi connectivity index (χ0) is 6.69. The minimum atomic E-state index is 0.568. The van der Waals surface area contributed by atoms with Crippen LogP contribution in [0.25, 0.3) is 0 Å². The Morgan fingerprint density at radius 2 is 2.56 bits per heavy atom. The number of thioether (sulfide) groups is 1. The lowest BCUT2D eigenvalue weighted by Crippen LogP contribution is -2.23. The molecule has 1 aliphatic heterocycles. The zero-order valence-electron chi connectivity index (χ0n) is 4.63.